The standard InChI is InChI=1S/C13H26N2O/c1-10(2)9-15(8-4-7-14)13(16)11(3)12-5-6-12/h10-12H,4-9,14H2,1-3H3. The van der Waals surface area contributed by atoms with Gasteiger partial charge in [-0.25, -0.2) is 0 Å². The summed E-state index contributed by atoms with van der Waals surface area (Å²) in [5, 5.41) is 0. The lowest BCUT2D eigenvalue weighted by atomic mass is 10.0. The fourth-order valence-electron chi connectivity index (χ4n) is 2.10. The largest absolute Gasteiger partial charge is 0.342 e. The molecule has 1 unspecified atom stereocenters. The second-order valence-electron chi connectivity index (χ2n) is 5.45. The van der Waals surface area contributed by atoms with E-state index in [0.29, 0.717) is 24.3 Å². The van der Waals surface area contributed by atoms with Crippen LogP contribution in [0.3, 0.4) is 0 Å². The van der Waals surface area contributed by atoms with E-state index in [1.165, 1.54) is 12.8 Å². The Kier molecular flexibility index (Phi) is 5.26. The van der Waals surface area contributed by atoms with Crippen LogP contribution in [0.4, 0.5) is 0 Å². The Morgan fingerprint density at radius 2 is 2.00 bits per heavy atom. The van der Waals surface area contributed by atoms with E-state index in [2.05, 4.69) is 20.8 Å². The fraction of sp³-hybridized carbons (Fsp3) is 0.923. The molecule has 3 nitrogen and oxygen atoms in total. The number of nitrogens with two attached hydrogens (primary N) is 1. The zero-order valence-corrected chi connectivity index (χ0v) is 10.9. The molecule has 1 amide bonds. The van der Waals surface area contributed by atoms with Gasteiger partial charge < -0.3 is 10.6 Å². The zero-order chi connectivity index (χ0) is 12.1. The topological polar surface area (TPSA) is 46.3 Å². The highest BCUT2D eigenvalue weighted by atomic mass is 16.2. The molecule has 3 heteroatoms. The summed E-state index contributed by atoms with van der Waals surface area (Å²) in [6.45, 7) is 8.75. The summed E-state index contributed by atoms with van der Waals surface area (Å²) in [5.41, 5.74) is 5.52. The van der Waals surface area contributed by atoms with Crippen molar-refractivity contribution in [1.29, 1.82) is 0 Å². The highest BCUT2D eigenvalue weighted by Gasteiger charge is 2.34. The first-order valence-corrected chi connectivity index (χ1v) is 6.55. The molecule has 1 aliphatic carbocycles. The lowest BCUT2D eigenvalue weighted by Gasteiger charge is -2.27. The molecule has 94 valence electrons. The summed E-state index contributed by atoms with van der Waals surface area (Å²) >= 11 is 0. The predicted octanol–water partition coefficient (Wildman–Crippen LogP) is 1.87. The second kappa shape index (κ2) is 6.24. The van der Waals surface area contributed by atoms with Crippen LogP contribution in [0.5, 0.6) is 0 Å². The highest BCUT2D eigenvalue weighted by molar-refractivity contribution is 5.79. The molecule has 16 heavy (non-hydrogen) atoms. The van der Waals surface area contributed by atoms with Crippen LogP contribution in [0.25, 0.3) is 0 Å². The van der Waals surface area contributed by atoms with Gasteiger partial charge >= 0.3 is 0 Å². The normalized spacial score (nSPS) is 17.6. The van der Waals surface area contributed by atoms with Crippen molar-refractivity contribution in [1.82, 2.24) is 4.90 Å². The Bertz CT molecular complexity index is 224. The van der Waals surface area contributed by atoms with Crippen LogP contribution in [-0.2, 0) is 4.79 Å². The van der Waals surface area contributed by atoms with Gasteiger partial charge in [0, 0.05) is 19.0 Å². The molecule has 1 fully saturated rings. The molecule has 0 radical (unpaired) electrons. The van der Waals surface area contributed by atoms with E-state index in [1.54, 1.807) is 0 Å². The molecule has 1 rings (SSSR count). The van der Waals surface area contributed by atoms with E-state index in [1.807, 2.05) is 4.90 Å². The summed E-state index contributed by atoms with van der Waals surface area (Å²) in [4.78, 5) is 14.3. The molecule has 0 aliphatic heterocycles. The number of amides is 1. The lowest BCUT2D eigenvalue weighted by molar-refractivity contribution is -0.136. The van der Waals surface area contributed by atoms with Gasteiger partial charge in [-0.1, -0.05) is 20.8 Å². The molecule has 2 N–H and O–H groups in total. The molecule has 1 saturated carbocycles. The number of nitrogens with zero attached hydrogens (tertiary/aromatic N) is 1. The summed E-state index contributed by atoms with van der Waals surface area (Å²) in [7, 11) is 0. The van der Waals surface area contributed by atoms with Gasteiger partial charge in [-0.05, 0) is 37.6 Å². The fourth-order valence-corrected chi connectivity index (χ4v) is 2.10. The molecule has 0 heterocycles. The van der Waals surface area contributed by atoms with E-state index in [4.69, 9.17) is 5.73 Å². The van der Waals surface area contributed by atoms with Gasteiger partial charge in [-0.15, -0.1) is 0 Å². The van der Waals surface area contributed by atoms with Crippen molar-refractivity contribution in [3.8, 4) is 0 Å². The van der Waals surface area contributed by atoms with Gasteiger partial charge in [0.2, 0.25) is 5.91 Å². The Hall–Kier alpha value is -0.570. The minimum atomic E-state index is 0.219. The van der Waals surface area contributed by atoms with E-state index < -0.39 is 0 Å². The van der Waals surface area contributed by atoms with Gasteiger partial charge in [0.05, 0.1) is 0 Å². The number of carbonyl (C=O) groups excluding carboxylic acids is 1. The van der Waals surface area contributed by atoms with Crippen LogP contribution >= 0.6 is 0 Å². The maximum atomic E-state index is 12.3. The monoisotopic (exact) mass is 226 g/mol. The first kappa shape index (κ1) is 13.5. The number of hydrogen-bond donors (Lipinski definition) is 1. The van der Waals surface area contributed by atoms with Gasteiger partial charge in [-0.3, -0.25) is 4.79 Å². The van der Waals surface area contributed by atoms with Gasteiger partial charge in [0.15, 0.2) is 0 Å². The average Bonchev–Trinajstić information content (AvgIpc) is 3.05. The molecule has 0 aromatic rings. The van der Waals surface area contributed by atoms with E-state index in [-0.39, 0.29) is 5.92 Å². The molecular formula is C13H26N2O. The second-order valence-corrected chi connectivity index (χ2v) is 5.45. The van der Waals surface area contributed by atoms with Crippen LogP contribution < -0.4 is 5.73 Å². The SMILES string of the molecule is CC(C)CN(CCCN)C(=O)C(C)C1CC1. The van der Waals surface area contributed by atoms with Gasteiger partial charge in [-0.2, -0.15) is 0 Å². The number of hydrogen-bond acceptors (Lipinski definition) is 2. The number of carbonyl (C=O) groups is 1. The van der Waals surface area contributed by atoms with Crippen LogP contribution in [-0.4, -0.2) is 30.4 Å². The van der Waals surface area contributed by atoms with Crippen LogP contribution in [0.2, 0.25) is 0 Å². The maximum absolute atomic E-state index is 12.3. The third-order valence-corrected chi connectivity index (χ3v) is 3.25. The Labute approximate surface area is 99.4 Å². The van der Waals surface area contributed by atoms with E-state index in [9.17, 15) is 4.79 Å². The predicted molar refractivity (Wildman–Crippen MR) is 67.0 cm³/mol. The Balaban J connectivity index is 2.47. The smallest absolute Gasteiger partial charge is 0.225 e. The summed E-state index contributed by atoms with van der Waals surface area (Å²) in [6.07, 6.45) is 3.38. The molecule has 1 aliphatic rings. The quantitative estimate of drug-likeness (QED) is 0.720. The van der Waals surface area contributed by atoms with Crippen molar-refractivity contribution in [2.45, 2.75) is 40.0 Å². The van der Waals surface area contributed by atoms with Gasteiger partial charge in [0.1, 0.15) is 0 Å². The van der Waals surface area contributed by atoms with Crippen LogP contribution in [0, 0.1) is 17.8 Å². The third-order valence-electron chi connectivity index (χ3n) is 3.25. The lowest BCUT2D eigenvalue weighted by Crippen LogP contribution is -2.39. The molecular weight excluding hydrogens is 200 g/mol. The minimum absolute atomic E-state index is 0.219. The van der Waals surface area contributed by atoms with Crippen LogP contribution in [0.1, 0.15) is 40.0 Å². The van der Waals surface area contributed by atoms with E-state index >= 15 is 0 Å². The van der Waals surface area contributed by atoms with Crippen LogP contribution in [0.15, 0.2) is 0 Å². The van der Waals surface area contributed by atoms with Crippen molar-refractivity contribution < 1.29 is 4.79 Å². The summed E-state index contributed by atoms with van der Waals surface area (Å²) in [5.74, 6) is 1.74. The molecule has 0 aromatic carbocycles. The molecule has 0 spiro atoms. The Morgan fingerprint density at radius 3 is 2.44 bits per heavy atom. The molecule has 0 bridgehead atoms. The van der Waals surface area contributed by atoms with Gasteiger partial charge in [0.25, 0.3) is 0 Å². The number of rotatable bonds is 7. The zero-order valence-electron chi connectivity index (χ0n) is 10.9. The summed E-state index contributed by atoms with van der Waals surface area (Å²) in [6, 6.07) is 0. The molecule has 1 atom stereocenters. The van der Waals surface area contributed by atoms with Crippen molar-refractivity contribution >= 4 is 5.91 Å². The Morgan fingerprint density at radius 1 is 1.38 bits per heavy atom. The van der Waals surface area contributed by atoms with Crippen molar-refractivity contribution in [2.75, 3.05) is 19.6 Å². The first-order chi connectivity index (χ1) is 7.56. The molecule has 0 aromatic heterocycles. The van der Waals surface area contributed by atoms with Crippen molar-refractivity contribution in [2.24, 2.45) is 23.5 Å². The third kappa shape index (κ3) is 4.12. The average molecular weight is 226 g/mol. The summed E-state index contributed by atoms with van der Waals surface area (Å²) < 4.78 is 0. The molecule has 0 saturated heterocycles. The first-order valence-electron chi connectivity index (χ1n) is 6.55. The van der Waals surface area contributed by atoms with Crippen molar-refractivity contribution in [3.05, 3.63) is 0 Å². The van der Waals surface area contributed by atoms with E-state index in [0.717, 1.165) is 19.5 Å². The maximum Gasteiger partial charge on any atom is 0.225 e. The van der Waals surface area contributed by atoms with Crippen molar-refractivity contribution in [3.63, 3.8) is 0 Å². The minimum Gasteiger partial charge on any atom is -0.342 e. The highest BCUT2D eigenvalue weighted by Crippen LogP contribution is 2.37.